The summed E-state index contributed by atoms with van der Waals surface area (Å²) in [5, 5.41) is 0. The van der Waals surface area contributed by atoms with Gasteiger partial charge in [-0.2, -0.15) is 4.99 Å². The number of amides is 3. The topological polar surface area (TPSA) is 84.2 Å². The summed E-state index contributed by atoms with van der Waals surface area (Å²) in [6, 6.07) is 6.22. The normalized spacial score (nSPS) is 14.9. The summed E-state index contributed by atoms with van der Waals surface area (Å²) in [4.78, 5) is 44.9. The van der Waals surface area contributed by atoms with Gasteiger partial charge in [0.05, 0.1) is 28.3 Å². The van der Waals surface area contributed by atoms with Gasteiger partial charge in [-0.15, -0.1) is 11.8 Å². The number of aromatic nitrogens is 1. The van der Waals surface area contributed by atoms with Crippen LogP contribution in [0.4, 0.5) is 4.79 Å². The third-order valence-electron chi connectivity index (χ3n) is 4.98. The summed E-state index contributed by atoms with van der Waals surface area (Å²) >= 11 is 2.78. The number of carbonyl (C=O) groups excluding carboxylic acids is 3. The molecule has 0 unspecified atom stereocenters. The van der Waals surface area contributed by atoms with E-state index in [0.717, 1.165) is 16.8 Å². The van der Waals surface area contributed by atoms with Crippen molar-refractivity contribution in [3.05, 3.63) is 28.6 Å². The van der Waals surface area contributed by atoms with E-state index in [2.05, 4.69) is 23.2 Å². The van der Waals surface area contributed by atoms with E-state index in [4.69, 9.17) is 4.74 Å². The SMILES string of the molecule is CCOC(=O)N1CCN(C(=O)CSCC(=O)N=c2sc3cc(C)ccc3n2CC)CC1. The van der Waals surface area contributed by atoms with Gasteiger partial charge < -0.3 is 19.1 Å². The Hall–Kier alpha value is -2.33. The predicted octanol–water partition coefficient (Wildman–Crippen LogP) is 2.49. The van der Waals surface area contributed by atoms with Crippen molar-refractivity contribution < 1.29 is 19.1 Å². The highest BCUT2D eigenvalue weighted by atomic mass is 32.2. The van der Waals surface area contributed by atoms with Gasteiger partial charge >= 0.3 is 6.09 Å². The second kappa shape index (κ2) is 10.8. The van der Waals surface area contributed by atoms with Crippen molar-refractivity contribution in [1.82, 2.24) is 14.4 Å². The summed E-state index contributed by atoms with van der Waals surface area (Å²) in [7, 11) is 0. The van der Waals surface area contributed by atoms with Crippen LogP contribution in [0, 0.1) is 6.92 Å². The van der Waals surface area contributed by atoms with E-state index in [9.17, 15) is 14.4 Å². The first-order chi connectivity index (χ1) is 14.9. The molecule has 2 heterocycles. The zero-order valence-corrected chi connectivity index (χ0v) is 19.8. The molecule has 0 bridgehead atoms. The lowest BCUT2D eigenvalue weighted by Gasteiger charge is -2.34. The number of aryl methyl sites for hydroxylation is 2. The van der Waals surface area contributed by atoms with Crippen LogP contribution in [0.3, 0.4) is 0 Å². The first-order valence-corrected chi connectivity index (χ1v) is 12.3. The molecule has 0 saturated carbocycles. The lowest BCUT2D eigenvalue weighted by Crippen LogP contribution is -2.51. The maximum atomic E-state index is 12.4. The lowest BCUT2D eigenvalue weighted by molar-refractivity contribution is -0.129. The fraction of sp³-hybridized carbons (Fsp3) is 0.524. The third-order valence-corrected chi connectivity index (χ3v) is 6.93. The van der Waals surface area contributed by atoms with Gasteiger partial charge in [-0.05, 0) is 38.5 Å². The van der Waals surface area contributed by atoms with Gasteiger partial charge in [0.1, 0.15) is 0 Å². The molecular weight excluding hydrogens is 436 g/mol. The number of benzene rings is 1. The van der Waals surface area contributed by atoms with Crippen molar-refractivity contribution in [2.24, 2.45) is 4.99 Å². The molecule has 10 heteroatoms. The fourth-order valence-corrected chi connectivity index (χ4v) is 5.29. The van der Waals surface area contributed by atoms with Crippen LogP contribution < -0.4 is 4.80 Å². The summed E-state index contributed by atoms with van der Waals surface area (Å²) in [5.41, 5.74) is 2.25. The van der Waals surface area contributed by atoms with Crippen LogP contribution in [-0.4, -0.2) is 76.6 Å². The highest BCUT2D eigenvalue weighted by molar-refractivity contribution is 8.00. The average Bonchev–Trinajstić information content (AvgIpc) is 3.09. The molecule has 1 aromatic heterocycles. The molecule has 0 spiro atoms. The van der Waals surface area contributed by atoms with Crippen molar-refractivity contribution in [1.29, 1.82) is 0 Å². The van der Waals surface area contributed by atoms with Gasteiger partial charge in [0, 0.05) is 32.7 Å². The molecule has 0 aliphatic carbocycles. The summed E-state index contributed by atoms with van der Waals surface area (Å²) in [6.45, 7) is 8.81. The fourth-order valence-electron chi connectivity index (χ4n) is 3.38. The lowest BCUT2D eigenvalue weighted by atomic mass is 10.2. The molecule has 1 aliphatic rings. The zero-order chi connectivity index (χ0) is 22.4. The Morgan fingerprint density at radius 2 is 1.81 bits per heavy atom. The Morgan fingerprint density at radius 1 is 1.10 bits per heavy atom. The maximum Gasteiger partial charge on any atom is 0.409 e. The Labute approximate surface area is 189 Å². The van der Waals surface area contributed by atoms with Crippen LogP contribution in [0.15, 0.2) is 23.2 Å². The zero-order valence-electron chi connectivity index (χ0n) is 18.1. The van der Waals surface area contributed by atoms with Crippen LogP contribution in [0.5, 0.6) is 0 Å². The number of nitrogens with zero attached hydrogens (tertiary/aromatic N) is 4. The van der Waals surface area contributed by atoms with Crippen molar-refractivity contribution in [2.75, 3.05) is 44.3 Å². The number of hydrogen-bond acceptors (Lipinski definition) is 6. The molecule has 1 aromatic carbocycles. The number of piperazine rings is 1. The Bertz CT molecular complexity index is 1020. The Balaban J connectivity index is 1.51. The molecule has 3 rings (SSSR count). The molecule has 0 N–H and O–H groups in total. The highest BCUT2D eigenvalue weighted by Crippen LogP contribution is 2.19. The quantitative estimate of drug-likeness (QED) is 0.656. The second-order valence-corrected chi connectivity index (χ2v) is 9.16. The molecule has 0 atom stereocenters. The van der Waals surface area contributed by atoms with Crippen molar-refractivity contribution in [2.45, 2.75) is 27.3 Å². The smallest absolute Gasteiger partial charge is 0.409 e. The summed E-state index contributed by atoms with van der Waals surface area (Å²) < 4.78 is 8.14. The van der Waals surface area contributed by atoms with Gasteiger partial charge in [-0.25, -0.2) is 4.79 Å². The third kappa shape index (κ3) is 5.88. The molecule has 31 heavy (non-hydrogen) atoms. The van der Waals surface area contributed by atoms with E-state index in [-0.39, 0.29) is 29.4 Å². The van der Waals surface area contributed by atoms with Gasteiger partial charge in [0.15, 0.2) is 4.80 Å². The number of thiazole rings is 1. The summed E-state index contributed by atoms with van der Waals surface area (Å²) in [6.07, 6.45) is -0.336. The first kappa shape index (κ1) is 23.3. The predicted molar refractivity (Wildman–Crippen MR) is 123 cm³/mol. The number of thioether (sulfide) groups is 1. The van der Waals surface area contributed by atoms with Gasteiger partial charge in [0.2, 0.25) is 5.91 Å². The van der Waals surface area contributed by atoms with Crippen LogP contribution in [0.25, 0.3) is 10.2 Å². The van der Waals surface area contributed by atoms with E-state index in [0.29, 0.717) is 37.6 Å². The molecule has 3 amide bonds. The molecule has 1 saturated heterocycles. The molecule has 2 aromatic rings. The van der Waals surface area contributed by atoms with Crippen LogP contribution in [0.1, 0.15) is 19.4 Å². The molecule has 0 radical (unpaired) electrons. The van der Waals surface area contributed by atoms with Gasteiger partial charge in [0.25, 0.3) is 5.91 Å². The Kier molecular flexibility index (Phi) is 8.14. The van der Waals surface area contributed by atoms with Gasteiger partial charge in [-0.1, -0.05) is 17.4 Å². The van der Waals surface area contributed by atoms with Crippen LogP contribution in [-0.2, 0) is 20.9 Å². The van der Waals surface area contributed by atoms with E-state index >= 15 is 0 Å². The number of ether oxygens (including phenoxy) is 1. The monoisotopic (exact) mass is 464 g/mol. The number of carbonyl (C=O) groups is 3. The number of hydrogen-bond donors (Lipinski definition) is 0. The molecule has 1 fully saturated rings. The summed E-state index contributed by atoms with van der Waals surface area (Å²) in [5.74, 6) is 0.114. The van der Waals surface area contributed by atoms with Crippen molar-refractivity contribution in [3.8, 4) is 0 Å². The average molecular weight is 465 g/mol. The first-order valence-electron chi connectivity index (χ1n) is 10.4. The highest BCUT2D eigenvalue weighted by Gasteiger charge is 2.24. The maximum absolute atomic E-state index is 12.4. The second-order valence-electron chi connectivity index (χ2n) is 7.17. The Morgan fingerprint density at radius 3 is 2.48 bits per heavy atom. The molecule has 168 valence electrons. The number of rotatable bonds is 6. The van der Waals surface area contributed by atoms with Crippen molar-refractivity contribution >= 4 is 51.2 Å². The van der Waals surface area contributed by atoms with Crippen LogP contribution in [0.2, 0.25) is 0 Å². The molecular formula is C21H28N4O4S2. The molecule has 1 aliphatic heterocycles. The minimum Gasteiger partial charge on any atom is -0.450 e. The van der Waals surface area contributed by atoms with Crippen LogP contribution >= 0.6 is 23.1 Å². The van der Waals surface area contributed by atoms with E-state index in [1.807, 2.05) is 18.4 Å². The standard InChI is InChI=1S/C21H28N4O4S2/c1-4-25-16-7-6-15(3)12-17(16)31-20(25)22-18(26)13-30-14-19(27)23-8-10-24(11-9-23)21(28)29-5-2/h6-7,12H,4-5,8-11,13-14H2,1-3H3. The van der Waals surface area contributed by atoms with Gasteiger partial charge in [-0.3, -0.25) is 9.59 Å². The minimum absolute atomic E-state index is 0.0257. The van der Waals surface area contributed by atoms with Crippen molar-refractivity contribution in [3.63, 3.8) is 0 Å². The van der Waals surface area contributed by atoms with E-state index in [1.54, 1.807) is 16.7 Å². The molecule has 8 nitrogen and oxygen atoms in total. The van der Waals surface area contributed by atoms with E-state index < -0.39 is 0 Å². The number of fused-ring (bicyclic) bond motifs is 1. The van der Waals surface area contributed by atoms with E-state index in [1.165, 1.54) is 28.7 Å². The largest absolute Gasteiger partial charge is 0.450 e. The minimum atomic E-state index is -0.336.